The summed E-state index contributed by atoms with van der Waals surface area (Å²) in [6.45, 7) is 3.03. The van der Waals surface area contributed by atoms with E-state index in [4.69, 9.17) is 13.7 Å². The second-order valence-electron chi connectivity index (χ2n) is 7.27. The molecular formula is C22H24N4O5S. The van der Waals surface area contributed by atoms with E-state index in [1.165, 1.54) is 0 Å². The van der Waals surface area contributed by atoms with E-state index in [-0.39, 0.29) is 11.6 Å². The number of rotatable bonds is 8. The Kier molecular flexibility index (Phi) is 6.52. The Balaban J connectivity index is 1.72. The monoisotopic (exact) mass is 456 g/mol. The molecule has 3 aromatic rings. The fraction of sp³-hybridized carbons (Fsp3) is 0.318. The van der Waals surface area contributed by atoms with Crippen LogP contribution in [0.4, 0.5) is 5.82 Å². The lowest BCUT2D eigenvalue weighted by atomic mass is 10.1. The lowest BCUT2D eigenvalue weighted by molar-refractivity contribution is 0.414. The van der Waals surface area contributed by atoms with E-state index in [0.717, 1.165) is 17.7 Å². The van der Waals surface area contributed by atoms with Gasteiger partial charge in [-0.1, -0.05) is 6.92 Å². The molecule has 1 aromatic carbocycles. The molecule has 10 heteroatoms. The number of nitrogens with one attached hydrogen (secondary N) is 1. The van der Waals surface area contributed by atoms with Gasteiger partial charge in [0.05, 0.1) is 29.3 Å². The zero-order chi connectivity index (χ0) is 22.7. The molecule has 0 saturated carbocycles. The molecular weight excluding hydrogens is 432 g/mol. The van der Waals surface area contributed by atoms with Gasteiger partial charge in [-0.05, 0) is 30.2 Å². The standard InChI is InChI=1S/C22H24N4O5S/c1-3-14-11-16(30-2)12-18-19(14)22(27)31-21(25-18)17-5-4-7-24-20(17)26-9-6-15(13-26)23-8-10-32(28)29/h4-5,7,11-13,23H,3,6,8-10H2,1-2H3,(H,28,29). The molecule has 168 valence electrons. The van der Waals surface area contributed by atoms with E-state index in [2.05, 4.69) is 15.3 Å². The minimum atomic E-state index is -1.83. The Morgan fingerprint density at radius 1 is 1.38 bits per heavy atom. The molecule has 32 heavy (non-hydrogen) atoms. The predicted molar refractivity (Wildman–Crippen MR) is 123 cm³/mol. The van der Waals surface area contributed by atoms with E-state index in [0.29, 0.717) is 47.5 Å². The van der Waals surface area contributed by atoms with Gasteiger partial charge in [0.2, 0.25) is 5.89 Å². The van der Waals surface area contributed by atoms with Crippen LogP contribution in [-0.2, 0) is 17.5 Å². The largest absolute Gasteiger partial charge is 0.497 e. The zero-order valence-corrected chi connectivity index (χ0v) is 18.6. The average Bonchev–Trinajstić information content (AvgIpc) is 3.26. The van der Waals surface area contributed by atoms with Crippen molar-refractivity contribution in [3.8, 4) is 17.2 Å². The lowest BCUT2D eigenvalue weighted by Crippen LogP contribution is -2.19. The number of nitrogens with zero attached hydrogens (tertiary/aromatic N) is 3. The van der Waals surface area contributed by atoms with Crippen molar-refractivity contribution < 1.29 is 17.9 Å². The van der Waals surface area contributed by atoms with E-state index >= 15 is 0 Å². The van der Waals surface area contributed by atoms with Crippen molar-refractivity contribution in [2.24, 2.45) is 0 Å². The first kappa shape index (κ1) is 22.0. The highest BCUT2D eigenvalue weighted by Gasteiger charge is 2.22. The lowest BCUT2D eigenvalue weighted by Gasteiger charge is -2.17. The summed E-state index contributed by atoms with van der Waals surface area (Å²) in [5.41, 5.74) is 2.42. The van der Waals surface area contributed by atoms with Crippen LogP contribution in [-0.4, -0.2) is 44.7 Å². The highest BCUT2D eigenvalue weighted by molar-refractivity contribution is 7.79. The maximum atomic E-state index is 12.9. The minimum Gasteiger partial charge on any atom is -0.497 e. The van der Waals surface area contributed by atoms with Crippen molar-refractivity contribution in [2.75, 3.05) is 30.9 Å². The SMILES string of the molecule is CCc1cc(OC)cc2nc(-c3cccnc3N3C=C(NCCS(=O)O)CC3)oc(=O)c12. The van der Waals surface area contributed by atoms with Gasteiger partial charge >= 0.3 is 5.63 Å². The molecule has 0 bridgehead atoms. The van der Waals surface area contributed by atoms with Crippen molar-refractivity contribution in [3.63, 3.8) is 0 Å². The fourth-order valence-electron chi connectivity index (χ4n) is 3.71. The topological polar surface area (TPSA) is 118 Å². The quantitative estimate of drug-likeness (QED) is 0.493. The number of anilines is 1. The maximum Gasteiger partial charge on any atom is 0.347 e. The van der Waals surface area contributed by atoms with Gasteiger partial charge < -0.3 is 23.9 Å². The highest BCUT2D eigenvalue weighted by Crippen LogP contribution is 2.31. The summed E-state index contributed by atoms with van der Waals surface area (Å²) in [5, 5.41) is 3.62. The molecule has 9 nitrogen and oxygen atoms in total. The van der Waals surface area contributed by atoms with Crippen LogP contribution in [0.1, 0.15) is 18.9 Å². The van der Waals surface area contributed by atoms with Crippen molar-refractivity contribution >= 4 is 27.8 Å². The summed E-state index contributed by atoms with van der Waals surface area (Å²) in [7, 11) is 1.58. The van der Waals surface area contributed by atoms with Gasteiger partial charge in [0.15, 0.2) is 11.1 Å². The summed E-state index contributed by atoms with van der Waals surface area (Å²) in [5.74, 6) is 1.59. The molecule has 0 amide bonds. The maximum absolute atomic E-state index is 12.9. The van der Waals surface area contributed by atoms with Gasteiger partial charge in [-0.3, -0.25) is 0 Å². The van der Waals surface area contributed by atoms with Crippen LogP contribution in [0, 0.1) is 0 Å². The van der Waals surface area contributed by atoms with Gasteiger partial charge in [-0.25, -0.2) is 19.0 Å². The van der Waals surface area contributed by atoms with Crippen LogP contribution >= 0.6 is 0 Å². The van der Waals surface area contributed by atoms with Crippen molar-refractivity contribution in [1.82, 2.24) is 15.3 Å². The third kappa shape index (κ3) is 4.51. The molecule has 1 unspecified atom stereocenters. The van der Waals surface area contributed by atoms with Crippen LogP contribution in [0.15, 0.2) is 51.6 Å². The summed E-state index contributed by atoms with van der Waals surface area (Å²) in [6.07, 6.45) is 4.96. The molecule has 3 heterocycles. The number of ether oxygens (including phenoxy) is 1. The Hall–Kier alpha value is -3.24. The number of hydrogen-bond acceptors (Lipinski definition) is 8. The van der Waals surface area contributed by atoms with Crippen LogP contribution in [0.2, 0.25) is 0 Å². The Morgan fingerprint density at radius 3 is 2.97 bits per heavy atom. The molecule has 0 aliphatic carbocycles. The van der Waals surface area contributed by atoms with Gasteiger partial charge in [0.1, 0.15) is 11.6 Å². The van der Waals surface area contributed by atoms with Crippen LogP contribution in [0.5, 0.6) is 5.75 Å². The molecule has 0 saturated heterocycles. The number of fused-ring (bicyclic) bond motifs is 1. The third-order valence-corrected chi connectivity index (χ3v) is 5.81. The van der Waals surface area contributed by atoms with E-state index in [9.17, 15) is 9.00 Å². The number of aromatic nitrogens is 2. The van der Waals surface area contributed by atoms with Gasteiger partial charge in [0.25, 0.3) is 0 Å². The van der Waals surface area contributed by atoms with Crippen LogP contribution in [0.3, 0.4) is 0 Å². The number of pyridine rings is 1. The second kappa shape index (κ2) is 9.49. The van der Waals surface area contributed by atoms with E-state index in [1.807, 2.05) is 30.2 Å². The van der Waals surface area contributed by atoms with Crippen LogP contribution in [0.25, 0.3) is 22.4 Å². The van der Waals surface area contributed by atoms with Crippen molar-refractivity contribution in [1.29, 1.82) is 0 Å². The van der Waals surface area contributed by atoms with Crippen molar-refractivity contribution in [3.05, 3.63) is 58.3 Å². The van der Waals surface area contributed by atoms with Gasteiger partial charge in [0, 0.05) is 43.7 Å². The van der Waals surface area contributed by atoms with Crippen LogP contribution < -0.4 is 20.6 Å². The minimum absolute atomic E-state index is 0.154. The van der Waals surface area contributed by atoms with E-state index in [1.54, 1.807) is 25.4 Å². The number of methoxy groups -OCH3 is 1. The molecule has 2 N–H and O–H groups in total. The first-order valence-corrected chi connectivity index (χ1v) is 11.5. The summed E-state index contributed by atoms with van der Waals surface area (Å²) in [4.78, 5) is 23.9. The summed E-state index contributed by atoms with van der Waals surface area (Å²) >= 11 is -1.83. The number of hydrogen-bond donors (Lipinski definition) is 2. The summed E-state index contributed by atoms with van der Waals surface area (Å²) < 4.78 is 30.8. The summed E-state index contributed by atoms with van der Waals surface area (Å²) in [6, 6.07) is 7.14. The Bertz CT molecular complexity index is 1260. The number of aryl methyl sites for hydroxylation is 1. The molecule has 0 spiro atoms. The smallest absolute Gasteiger partial charge is 0.347 e. The number of benzene rings is 1. The average molecular weight is 457 g/mol. The van der Waals surface area contributed by atoms with Gasteiger partial charge in [-0.15, -0.1) is 0 Å². The van der Waals surface area contributed by atoms with Crippen molar-refractivity contribution in [2.45, 2.75) is 19.8 Å². The molecule has 0 fully saturated rings. The highest BCUT2D eigenvalue weighted by atomic mass is 32.2. The Morgan fingerprint density at radius 2 is 2.22 bits per heavy atom. The molecule has 4 rings (SSSR count). The Labute approximate surface area is 187 Å². The third-order valence-electron chi connectivity index (χ3n) is 5.26. The fourth-order valence-corrected chi connectivity index (χ4v) is 3.99. The first-order chi connectivity index (χ1) is 15.5. The normalized spacial score (nSPS) is 14.5. The molecule has 1 aliphatic heterocycles. The van der Waals surface area contributed by atoms with E-state index < -0.39 is 16.7 Å². The zero-order valence-electron chi connectivity index (χ0n) is 17.8. The molecule has 1 aliphatic rings. The van der Waals surface area contributed by atoms with Gasteiger partial charge in [-0.2, -0.15) is 0 Å². The molecule has 2 aromatic heterocycles. The molecule has 1 atom stereocenters. The second-order valence-corrected chi connectivity index (χ2v) is 8.32. The molecule has 0 radical (unpaired) electrons. The first-order valence-electron chi connectivity index (χ1n) is 10.3. The predicted octanol–water partition coefficient (Wildman–Crippen LogP) is 2.68.